The minimum atomic E-state index is 0.472. The average molecular weight is 344 g/mol. The van der Waals surface area contributed by atoms with Gasteiger partial charge < -0.3 is 23.7 Å². The Morgan fingerprint density at radius 3 is 1.20 bits per heavy atom. The summed E-state index contributed by atoms with van der Waals surface area (Å²) >= 11 is 0. The first-order valence-corrected chi connectivity index (χ1v) is 8.70. The summed E-state index contributed by atoms with van der Waals surface area (Å²) in [5.74, 6) is 3.02. The van der Waals surface area contributed by atoms with Gasteiger partial charge in [0.25, 0.3) is 0 Å². The number of hydrogen-bond acceptors (Lipinski definition) is 5. The molecule has 0 aromatic heterocycles. The van der Waals surface area contributed by atoms with Crippen molar-refractivity contribution >= 4 is 0 Å². The van der Waals surface area contributed by atoms with Crippen LogP contribution in [0.15, 0.2) is 48.5 Å². The van der Waals surface area contributed by atoms with Crippen LogP contribution in [0.1, 0.15) is 12.8 Å². The van der Waals surface area contributed by atoms with Gasteiger partial charge in [0.2, 0.25) is 0 Å². The average Bonchev–Trinajstić information content (AvgIpc) is 2.65. The molecule has 0 saturated carbocycles. The van der Waals surface area contributed by atoms with Crippen molar-refractivity contribution in [1.82, 2.24) is 0 Å². The number of hydrogen-bond donors (Lipinski definition) is 0. The SMILES string of the molecule is c1ccc2c(c1)OCCCCOc1ccccc1OCCOCCO2. The van der Waals surface area contributed by atoms with Crippen molar-refractivity contribution in [2.45, 2.75) is 12.8 Å². The van der Waals surface area contributed by atoms with Gasteiger partial charge in [0.15, 0.2) is 23.0 Å². The van der Waals surface area contributed by atoms with Crippen LogP contribution in [0.3, 0.4) is 0 Å². The summed E-state index contributed by atoms with van der Waals surface area (Å²) in [4.78, 5) is 0. The van der Waals surface area contributed by atoms with Crippen LogP contribution in [0.4, 0.5) is 0 Å². The third-order valence-corrected chi connectivity index (χ3v) is 3.72. The van der Waals surface area contributed by atoms with E-state index in [1.807, 2.05) is 48.5 Å². The van der Waals surface area contributed by atoms with Crippen LogP contribution in [0, 0.1) is 0 Å². The maximum atomic E-state index is 5.84. The van der Waals surface area contributed by atoms with Crippen molar-refractivity contribution in [2.75, 3.05) is 39.6 Å². The quantitative estimate of drug-likeness (QED) is 0.729. The van der Waals surface area contributed by atoms with Crippen LogP contribution in [0.2, 0.25) is 0 Å². The summed E-state index contributed by atoms with van der Waals surface area (Å²) in [5, 5.41) is 0. The van der Waals surface area contributed by atoms with Gasteiger partial charge in [0, 0.05) is 0 Å². The Morgan fingerprint density at radius 2 is 0.800 bits per heavy atom. The van der Waals surface area contributed by atoms with Crippen LogP contribution in [0.5, 0.6) is 23.0 Å². The number of para-hydroxylation sites is 4. The van der Waals surface area contributed by atoms with Gasteiger partial charge in [-0.1, -0.05) is 24.3 Å². The van der Waals surface area contributed by atoms with Gasteiger partial charge in [-0.3, -0.25) is 0 Å². The molecule has 0 unspecified atom stereocenters. The molecule has 0 spiro atoms. The van der Waals surface area contributed by atoms with Crippen LogP contribution in [0.25, 0.3) is 0 Å². The molecule has 1 aliphatic rings. The number of ether oxygens (including phenoxy) is 5. The number of benzene rings is 2. The minimum Gasteiger partial charge on any atom is -0.490 e. The lowest BCUT2D eigenvalue weighted by molar-refractivity contribution is 0.0748. The van der Waals surface area contributed by atoms with Crippen LogP contribution >= 0.6 is 0 Å². The van der Waals surface area contributed by atoms with Crippen molar-refractivity contribution in [3.05, 3.63) is 48.5 Å². The fourth-order valence-corrected chi connectivity index (χ4v) is 2.47. The summed E-state index contributed by atoms with van der Waals surface area (Å²) in [6.07, 6.45) is 1.81. The Kier molecular flexibility index (Phi) is 6.82. The van der Waals surface area contributed by atoms with Crippen molar-refractivity contribution in [3.63, 3.8) is 0 Å². The van der Waals surface area contributed by atoms with Gasteiger partial charge in [-0.15, -0.1) is 0 Å². The maximum Gasteiger partial charge on any atom is 0.161 e. The second-order valence-electron chi connectivity index (χ2n) is 5.61. The van der Waals surface area contributed by atoms with Crippen LogP contribution in [-0.4, -0.2) is 39.6 Å². The highest BCUT2D eigenvalue weighted by molar-refractivity contribution is 5.40. The second kappa shape index (κ2) is 9.79. The second-order valence-corrected chi connectivity index (χ2v) is 5.61. The predicted octanol–water partition coefficient (Wildman–Crippen LogP) is 3.71. The molecule has 5 heteroatoms. The van der Waals surface area contributed by atoms with Gasteiger partial charge in [-0.05, 0) is 37.1 Å². The molecule has 25 heavy (non-hydrogen) atoms. The Bertz CT molecular complexity index is 588. The van der Waals surface area contributed by atoms with E-state index >= 15 is 0 Å². The molecule has 0 N–H and O–H groups in total. The zero-order valence-electron chi connectivity index (χ0n) is 14.3. The summed E-state index contributed by atoms with van der Waals surface area (Å²) in [6, 6.07) is 15.4. The molecule has 0 saturated heterocycles. The topological polar surface area (TPSA) is 46.2 Å². The number of rotatable bonds is 0. The molecule has 0 fully saturated rings. The highest BCUT2D eigenvalue weighted by Gasteiger charge is 2.07. The molecule has 134 valence electrons. The van der Waals surface area contributed by atoms with E-state index < -0.39 is 0 Å². The lowest BCUT2D eigenvalue weighted by Crippen LogP contribution is -2.12. The fraction of sp³-hybridized carbons (Fsp3) is 0.400. The fourth-order valence-electron chi connectivity index (χ4n) is 2.47. The first-order chi connectivity index (χ1) is 12.4. The van der Waals surface area contributed by atoms with E-state index in [4.69, 9.17) is 23.7 Å². The highest BCUT2D eigenvalue weighted by atomic mass is 16.6. The van der Waals surface area contributed by atoms with E-state index in [9.17, 15) is 0 Å². The monoisotopic (exact) mass is 344 g/mol. The summed E-state index contributed by atoms with van der Waals surface area (Å²) in [5.41, 5.74) is 0. The van der Waals surface area contributed by atoms with Gasteiger partial charge >= 0.3 is 0 Å². The highest BCUT2D eigenvalue weighted by Crippen LogP contribution is 2.28. The molecular formula is C20H24O5. The van der Waals surface area contributed by atoms with E-state index in [-0.39, 0.29) is 0 Å². The van der Waals surface area contributed by atoms with E-state index in [0.29, 0.717) is 39.6 Å². The molecule has 1 heterocycles. The zero-order valence-corrected chi connectivity index (χ0v) is 14.3. The van der Waals surface area contributed by atoms with Crippen molar-refractivity contribution in [2.24, 2.45) is 0 Å². The Balaban J connectivity index is 1.59. The molecule has 0 atom stereocenters. The molecular weight excluding hydrogens is 320 g/mol. The molecule has 0 aliphatic carbocycles. The smallest absolute Gasteiger partial charge is 0.161 e. The van der Waals surface area contributed by atoms with Gasteiger partial charge in [0.1, 0.15) is 13.2 Å². The van der Waals surface area contributed by atoms with E-state index in [2.05, 4.69) is 0 Å². The molecule has 2 aromatic carbocycles. The van der Waals surface area contributed by atoms with Crippen LogP contribution in [-0.2, 0) is 4.74 Å². The van der Waals surface area contributed by atoms with E-state index in [1.54, 1.807) is 0 Å². The first-order valence-electron chi connectivity index (χ1n) is 8.70. The molecule has 0 bridgehead atoms. The lowest BCUT2D eigenvalue weighted by Gasteiger charge is -2.12. The standard InChI is InChI=1S/C20H24O5/c1-3-9-19-17(7-1)22-11-5-6-12-23-18-8-2-4-10-20(18)25-16-14-21-13-15-24-19/h1-4,7-10H,5-6,11-16H2. The molecule has 2 aromatic rings. The zero-order chi connectivity index (χ0) is 17.2. The van der Waals surface area contributed by atoms with E-state index in [1.165, 1.54) is 0 Å². The van der Waals surface area contributed by atoms with Crippen molar-refractivity contribution in [3.8, 4) is 23.0 Å². The van der Waals surface area contributed by atoms with Crippen molar-refractivity contribution in [1.29, 1.82) is 0 Å². The normalized spacial score (nSPS) is 16.6. The Hall–Kier alpha value is -2.40. The minimum absolute atomic E-state index is 0.472. The Morgan fingerprint density at radius 1 is 0.440 bits per heavy atom. The first kappa shape index (κ1) is 17.4. The van der Waals surface area contributed by atoms with Crippen molar-refractivity contribution < 1.29 is 23.7 Å². The molecule has 0 radical (unpaired) electrons. The van der Waals surface area contributed by atoms with Gasteiger partial charge in [0.05, 0.1) is 26.4 Å². The summed E-state index contributed by atoms with van der Waals surface area (Å²) < 4.78 is 28.7. The third kappa shape index (κ3) is 5.57. The summed E-state index contributed by atoms with van der Waals surface area (Å²) in [7, 11) is 0. The maximum absolute atomic E-state index is 5.84. The largest absolute Gasteiger partial charge is 0.490 e. The Labute approximate surface area is 148 Å². The summed E-state index contributed by atoms with van der Waals surface area (Å²) in [6.45, 7) is 3.18. The predicted molar refractivity (Wildman–Crippen MR) is 94.9 cm³/mol. The molecule has 3 rings (SSSR count). The van der Waals surface area contributed by atoms with E-state index in [0.717, 1.165) is 35.8 Å². The molecule has 0 amide bonds. The van der Waals surface area contributed by atoms with Gasteiger partial charge in [-0.2, -0.15) is 0 Å². The third-order valence-electron chi connectivity index (χ3n) is 3.72. The number of fused-ring (bicyclic) bond motifs is 2. The van der Waals surface area contributed by atoms with Crippen LogP contribution < -0.4 is 18.9 Å². The van der Waals surface area contributed by atoms with Gasteiger partial charge in [-0.25, -0.2) is 0 Å². The lowest BCUT2D eigenvalue weighted by atomic mass is 10.3. The molecule has 1 aliphatic heterocycles. The molecule has 5 nitrogen and oxygen atoms in total.